The third-order valence-corrected chi connectivity index (χ3v) is 1.94. The molecule has 2 nitrogen and oxygen atoms in total. The molecule has 4 heteroatoms. The fourth-order valence-electron chi connectivity index (χ4n) is 1.27. The van der Waals surface area contributed by atoms with Crippen LogP contribution in [0.25, 0.3) is 0 Å². The lowest BCUT2D eigenvalue weighted by molar-refractivity contribution is 0.588. The van der Waals surface area contributed by atoms with Crippen molar-refractivity contribution in [3.63, 3.8) is 0 Å². The molecule has 0 saturated heterocycles. The topological polar surface area (TPSA) is 28.7 Å². The SMILES string of the molecule is Fc1ccc(F)c(Cc2cnc[nH]2)c1. The summed E-state index contributed by atoms with van der Waals surface area (Å²) >= 11 is 0. The van der Waals surface area contributed by atoms with Gasteiger partial charge >= 0.3 is 0 Å². The summed E-state index contributed by atoms with van der Waals surface area (Å²) < 4.78 is 25.9. The molecule has 72 valence electrons. The predicted molar refractivity (Wildman–Crippen MR) is 47.8 cm³/mol. The number of imidazole rings is 1. The lowest BCUT2D eigenvalue weighted by Crippen LogP contribution is -1.93. The molecule has 1 aromatic carbocycles. The standard InChI is InChI=1S/C10H8F2N2/c11-8-1-2-10(12)7(3-8)4-9-5-13-6-14-9/h1-3,5-6H,4H2,(H,13,14). The Bertz CT molecular complexity index is 424. The first-order valence-electron chi connectivity index (χ1n) is 4.17. The molecule has 0 unspecified atom stereocenters. The first-order valence-corrected chi connectivity index (χ1v) is 4.17. The zero-order valence-corrected chi connectivity index (χ0v) is 7.30. The molecule has 0 amide bonds. The first kappa shape index (κ1) is 8.87. The molecule has 0 radical (unpaired) electrons. The smallest absolute Gasteiger partial charge is 0.126 e. The number of aromatic amines is 1. The third kappa shape index (κ3) is 1.79. The van der Waals surface area contributed by atoms with E-state index in [1.807, 2.05) is 0 Å². The molecule has 0 atom stereocenters. The van der Waals surface area contributed by atoms with E-state index in [4.69, 9.17) is 0 Å². The molecule has 14 heavy (non-hydrogen) atoms. The highest BCUT2D eigenvalue weighted by Crippen LogP contribution is 2.13. The van der Waals surface area contributed by atoms with Gasteiger partial charge in [-0.1, -0.05) is 0 Å². The third-order valence-electron chi connectivity index (χ3n) is 1.94. The summed E-state index contributed by atoms with van der Waals surface area (Å²) in [5.74, 6) is -0.832. The van der Waals surface area contributed by atoms with Crippen molar-refractivity contribution in [2.24, 2.45) is 0 Å². The maximum atomic E-state index is 13.2. The van der Waals surface area contributed by atoms with Crippen LogP contribution in [0.4, 0.5) is 8.78 Å². The molecule has 1 aromatic heterocycles. The molecule has 0 spiro atoms. The van der Waals surface area contributed by atoms with Crippen LogP contribution in [0.3, 0.4) is 0 Å². The zero-order chi connectivity index (χ0) is 9.97. The van der Waals surface area contributed by atoms with E-state index in [1.165, 1.54) is 12.4 Å². The summed E-state index contributed by atoms with van der Waals surface area (Å²) in [6, 6.07) is 3.42. The summed E-state index contributed by atoms with van der Waals surface area (Å²) in [5, 5.41) is 0. The van der Waals surface area contributed by atoms with Crippen LogP contribution in [0.5, 0.6) is 0 Å². The highest BCUT2D eigenvalue weighted by molar-refractivity contribution is 5.23. The Balaban J connectivity index is 2.28. The van der Waals surface area contributed by atoms with Gasteiger partial charge in [-0.2, -0.15) is 0 Å². The van der Waals surface area contributed by atoms with Crippen molar-refractivity contribution < 1.29 is 8.78 Å². The first-order chi connectivity index (χ1) is 6.75. The Morgan fingerprint density at radius 2 is 2.14 bits per heavy atom. The number of nitrogens with one attached hydrogen (secondary N) is 1. The average molecular weight is 194 g/mol. The monoisotopic (exact) mass is 194 g/mol. The van der Waals surface area contributed by atoms with Gasteiger partial charge < -0.3 is 4.98 Å². The van der Waals surface area contributed by atoms with E-state index < -0.39 is 11.6 Å². The van der Waals surface area contributed by atoms with Crippen LogP contribution in [0.1, 0.15) is 11.3 Å². The maximum absolute atomic E-state index is 13.2. The lowest BCUT2D eigenvalue weighted by atomic mass is 10.1. The minimum absolute atomic E-state index is 0.323. The number of H-pyrrole nitrogens is 1. The van der Waals surface area contributed by atoms with Crippen molar-refractivity contribution in [2.75, 3.05) is 0 Å². The van der Waals surface area contributed by atoms with Crippen LogP contribution >= 0.6 is 0 Å². The molecule has 2 aromatic rings. The molecule has 0 aliphatic heterocycles. The van der Waals surface area contributed by atoms with Crippen LogP contribution in [-0.4, -0.2) is 9.97 Å². The number of rotatable bonds is 2. The molecular formula is C10H8F2N2. The maximum Gasteiger partial charge on any atom is 0.126 e. The average Bonchev–Trinajstić information content (AvgIpc) is 2.64. The summed E-state index contributed by atoms with van der Waals surface area (Å²) in [5.41, 5.74) is 1.09. The van der Waals surface area contributed by atoms with E-state index in [-0.39, 0.29) is 0 Å². The molecule has 0 saturated carbocycles. The van der Waals surface area contributed by atoms with E-state index in [0.29, 0.717) is 12.0 Å². The van der Waals surface area contributed by atoms with Gasteiger partial charge in [0.05, 0.1) is 6.33 Å². The minimum Gasteiger partial charge on any atom is -0.348 e. The second-order valence-corrected chi connectivity index (χ2v) is 2.99. The highest BCUT2D eigenvalue weighted by atomic mass is 19.1. The van der Waals surface area contributed by atoms with Crippen LogP contribution in [0.2, 0.25) is 0 Å². The summed E-state index contributed by atoms with van der Waals surface area (Å²) in [4.78, 5) is 6.63. The van der Waals surface area contributed by atoms with E-state index in [1.54, 1.807) is 6.20 Å². The van der Waals surface area contributed by atoms with Crippen molar-refractivity contribution in [3.8, 4) is 0 Å². The fourth-order valence-corrected chi connectivity index (χ4v) is 1.27. The number of aromatic nitrogens is 2. The molecule has 2 rings (SSSR count). The van der Waals surface area contributed by atoms with Gasteiger partial charge in [0.15, 0.2) is 0 Å². The molecular weight excluding hydrogens is 186 g/mol. The zero-order valence-electron chi connectivity index (χ0n) is 7.30. The number of hydrogen-bond acceptors (Lipinski definition) is 1. The van der Waals surface area contributed by atoms with Crippen molar-refractivity contribution >= 4 is 0 Å². The van der Waals surface area contributed by atoms with Crippen LogP contribution < -0.4 is 0 Å². The van der Waals surface area contributed by atoms with Gasteiger partial charge in [0, 0.05) is 18.3 Å². The second-order valence-electron chi connectivity index (χ2n) is 2.99. The van der Waals surface area contributed by atoms with Gasteiger partial charge in [-0.25, -0.2) is 13.8 Å². The van der Waals surface area contributed by atoms with Crippen LogP contribution in [-0.2, 0) is 6.42 Å². The molecule has 1 N–H and O–H groups in total. The fraction of sp³-hybridized carbons (Fsp3) is 0.100. The van der Waals surface area contributed by atoms with Gasteiger partial charge in [0.25, 0.3) is 0 Å². The van der Waals surface area contributed by atoms with E-state index in [2.05, 4.69) is 9.97 Å². The summed E-state index contributed by atoms with van der Waals surface area (Å²) in [7, 11) is 0. The minimum atomic E-state index is -0.430. The molecule has 0 aliphatic carbocycles. The van der Waals surface area contributed by atoms with Gasteiger partial charge in [0.1, 0.15) is 11.6 Å². The van der Waals surface area contributed by atoms with Crippen LogP contribution in [0.15, 0.2) is 30.7 Å². The highest BCUT2D eigenvalue weighted by Gasteiger charge is 2.05. The quantitative estimate of drug-likeness (QED) is 0.780. The number of benzene rings is 1. The van der Waals surface area contributed by atoms with Gasteiger partial charge in [-0.15, -0.1) is 0 Å². The predicted octanol–water partition coefficient (Wildman–Crippen LogP) is 2.28. The Morgan fingerprint density at radius 1 is 1.29 bits per heavy atom. The van der Waals surface area contributed by atoms with Gasteiger partial charge in [-0.3, -0.25) is 0 Å². The molecule has 0 bridgehead atoms. The Morgan fingerprint density at radius 3 is 2.86 bits per heavy atom. The van der Waals surface area contributed by atoms with Gasteiger partial charge in [0.2, 0.25) is 0 Å². The second kappa shape index (κ2) is 3.57. The van der Waals surface area contributed by atoms with E-state index in [9.17, 15) is 8.78 Å². The van der Waals surface area contributed by atoms with Gasteiger partial charge in [-0.05, 0) is 23.8 Å². The summed E-state index contributed by atoms with van der Waals surface area (Å²) in [6.45, 7) is 0. The molecule has 1 heterocycles. The summed E-state index contributed by atoms with van der Waals surface area (Å²) in [6.07, 6.45) is 3.42. The number of hydrogen-bond donors (Lipinski definition) is 1. The van der Waals surface area contributed by atoms with Crippen molar-refractivity contribution in [3.05, 3.63) is 53.6 Å². The largest absolute Gasteiger partial charge is 0.348 e. The van der Waals surface area contributed by atoms with Crippen molar-refractivity contribution in [1.29, 1.82) is 0 Å². The Hall–Kier alpha value is -1.71. The Labute approximate surface area is 79.6 Å². The van der Waals surface area contributed by atoms with E-state index in [0.717, 1.165) is 17.8 Å². The lowest BCUT2D eigenvalue weighted by Gasteiger charge is -2.00. The van der Waals surface area contributed by atoms with E-state index >= 15 is 0 Å². The Kier molecular flexibility index (Phi) is 2.26. The van der Waals surface area contributed by atoms with Crippen molar-refractivity contribution in [2.45, 2.75) is 6.42 Å². The molecule has 0 aliphatic rings. The van der Waals surface area contributed by atoms with Crippen LogP contribution in [0, 0.1) is 11.6 Å². The van der Waals surface area contributed by atoms with Crippen molar-refractivity contribution in [1.82, 2.24) is 9.97 Å². The molecule has 0 fully saturated rings. The number of nitrogens with zero attached hydrogens (tertiary/aromatic N) is 1. The number of halogens is 2. The normalized spacial score (nSPS) is 10.4.